The normalized spacial score (nSPS) is 9.58. The molecule has 0 aliphatic carbocycles. The molecule has 0 saturated heterocycles. The smallest absolute Gasteiger partial charge is 0.135 e. The molecule has 0 fully saturated rings. The van der Waals surface area contributed by atoms with Crippen LogP contribution in [0.3, 0.4) is 0 Å². The first kappa shape index (κ1) is 10.1. The molecule has 0 amide bonds. The van der Waals surface area contributed by atoms with E-state index >= 15 is 0 Å². The van der Waals surface area contributed by atoms with E-state index in [-0.39, 0.29) is 0 Å². The average molecular weight is 238 g/mol. The summed E-state index contributed by atoms with van der Waals surface area (Å²) in [5.41, 5.74) is 0.671. The van der Waals surface area contributed by atoms with E-state index in [1.165, 1.54) is 0 Å². The van der Waals surface area contributed by atoms with Crippen LogP contribution in [0.25, 0.3) is 0 Å². The zero-order valence-corrected chi connectivity index (χ0v) is 9.07. The predicted molar refractivity (Wildman–Crippen MR) is 61.7 cm³/mol. The van der Waals surface area contributed by atoms with Crippen LogP contribution in [0.15, 0.2) is 18.2 Å². The van der Waals surface area contributed by atoms with Crippen molar-refractivity contribution < 1.29 is 0 Å². The first-order valence-electron chi connectivity index (χ1n) is 3.04. The van der Waals surface area contributed by atoms with Crippen molar-refractivity contribution >= 4 is 58.1 Å². The molecule has 1 rings (SSSR count). The highest BCUT2D eigenvalue weighted by atomic mass is 35.5. The average Bonchev–Trinajstić information content (AvgIpc) is 1.96. The first-order valence-corrected chi connectivity index (χ1v) is 4.66. The molecule has 0 aliphatic rings. The van der Waals surface area contributed by atoms with Crippen molar-refractivity contribution in [2.45, 2.75) is 0 Å². The zero-order chi connectivity index (χ0) is 9.14. The van der Waals surface area contributed by atoms with Crippen LogP contribution < -0.4 is 5.32 Å². The molecule has 5 heteroatoms. The molecule has 1 aromatic carbocycles. The molecule has 0 unspecified atom stereocenters. The van der Waals surface area contributed by atoms with Gasteiger partial charge in [0.05, 0.1) is 10.7 Å². The van der Waals surface area contributed by atoms with Gasteiger partial charge in [0.1, 0.15) is 4.32 Å². The van der Waals surface area contributed by atoms with E-state index in [9.17, 15) is 0 Å². The molecule has 1 aromatic rings. The Labute approximate surface area is 91.5 Å². The van der Waals surface area contributed by atoms with Gasteiger partial charge in [0, 0.05) is 5.02 Å². The van der Waals surface area contributed by atoms with Crippen LogP contribution in [-0.4, -0.2) is 4.32 Å². The highest BCUT2D eigenvalue weighted by Gasteiger charge is 2.00. The van der Waals surface area contributed by atoms with Crippen molar-refractivity contribution in [1.29, 1.82) is 0 Å². The minimum atomic E-state index is 0.360. The number of hydrogen-bond donors (Lipinski definition) is 2. The van der Waals surface area contributed by atoms with Crippen LogP contribution in [0.2, 0.25) is 10.0 Å². The monoisotopic (exact) mass is 237 g/mol. The molecule has 1 N–H and O–H groups in total. The number of anilines is 1. The molecule has 12 heavy (non-hydrogen) atoms. The minimum Gasteiger partial charge on any atom is -0.340 e. The third-order valence-electron chi connectivity index (χ3n) is 1.17. The van der Waals surface area contributed by atoms with Gasteiger partial charge in [-0.3, -0.25) is 0 Å². The molecule has 0 radical (unpaired) electrons. The van der Waals surface area contributed by atoms with Gasteiger partial charge in [0.15, 0.2) is 0 Å². The molecule has 0 heterocycles. The Bertz CT molecular complexity index is 314. The first-order chi connectivity index (χ1) is 5.59. The Balaban J connectivity index is 2.97. The van der Waals surface area contributed by atoms with E-state index in [2.05, 4.69) is 17.9 Å². The van der Waals surface area contributed by atoms with Gasteiger partial charge in [-0.25, -0.2) is 0 Å². The molecule has 0 bridgehead atoms. The summed E-state index contributed by atoms with van der Waals surface area (Å²) in [6.07, 6.45) is 0. The second kappa shape index (κ2) is 4.33. The van der Waals surface area contributed by atoms with Gasteiger partial charge in [0.2, 0.25) is 0 Å². The van der Waals surface area contributed by atoms with Crippen molar-refractivity contribution in [3.8, 4) is 0 Å². The summed E-state index contributed by atoms with van der Waals surface area (Å²) < 4.78 is 0.360. The van der Waals surface area contributed by atoms with Crippen molar-refractivity contribution in [3.63, 3.8) is 0 Å². The summed E-state index contributed by atoms with van der Waals surface area (Å²) in [7, 11) is 0. The van der Waals surface area contributed by atoms with E-state index in [0.717, 1.165) is 0 Å². The maximum atomic E-state index is 5.83. The molecule has 0 aromatic heterocycles. The summed E-state index contributed by atoms with van der Waals surface area (Å²) in [6, 6.07) is 5.08. The van der Waals surface area contributed by atoms with Crippen LogP contribution in [-0.2, 0) is 0 Å². The van der Waals surface area contributed by atoms with Gasteiger partial charge >= 0.3 is 0 Å². The number of thiol groups is 1. The van der Waals surface area contributed by atoms with Gasteiger partial charge in [-0.15, -0.1) is 12.6 Å². The van der Waals surface area contributed by atoms with Crippen molar-refractivity contribution in [3.05, 3.63) is 28.2 Å². The molecule has 1 nitrogen and oxygen atoms in total. The molecular formula is C7H5Cl2NS2. The largest absolute Gasteiger partial charge is 0.340 e. The summed E-state index contributed by atoms with van der Waals surface area (Å²) in [5.74, 6) is 0. The lowest BCUT2D eigenvalue weighted by Gasteiger charge is -2.05. The van der Waals surface area contributed by atoms with Crippen molar-refractivity contribution in [1.82, 2.24) is 0 Å². The standard InChI is InChI=1S/C7H5Cl2NS2/c8-4-1-2-5(9)6(3-4)10-7(11)12/h1-3H,(H2,10,11,12). The second-order valence-corrected chi connectivity index (χ2v) is 4.06. The number of thiocarbonyl (C=S) groups is 1. The van der Waals surface area contributed by atoms with Crippen LogP contribution in [0.1, 0.15) is 0 Å². The molecule has 0 spiro atoms. The zero-order valence-electron chi connectivity index (χ0n) is 5.84. The highest BCUT2D eigenvalue weighted by molar-refractivity contribution is 8.11. The Kier molecular flexibility index (Phi) is 3.65. The molecular weight excluding hydrogens is 233 g/mol. The maximum absolute atomic E-state index is 5.83. The van der Waals surface area contributed by atoms with Gasteiger partial charge in [-0.1, -0.05) is 35.4 Å². The lowest BCUT2D eigenvalue weighted by molar-refractivity contribution is 1.66. The summed E-state index contributed by atoms with van der Waals surface area (Å²) in [5, 5.41) is 3.96. The summed E-state index contributed by atoms with van der Waals surface area (Å²) in [4.78, 5) is 0. The summed E-state index contributed by atoms with van der Waals surface area (Å²) in [6.45, 7) is 0. The number of halogens is 2. The van der Waals surface area contributed by atoms with E-state index in [1.807, 2.05) is 0 Å². The van der Waals surface area contributed by atoms with Gasteiger partial charge in [-0.2, -0.15) is 0 Å². The molecule has 64 valence electrons. The summed E-state index contributed by atoms with van der Waals surface area (Å²) >= 11 is 20.2. The molecule has 0 saturated carbocycles. The molecule has 0 atom stereocenters. The Morgan fingerprint density at radius 2 is 2.08 bits per heavy atom. The SMILES string of the molecule is S=C(S)Nc1cc(Cl)ccc1Cl. The Morgan fingerprint density at radius 1 is 1.42 bits per heavy atom. The lowest BCUT2D eigenvalue weighted by Crippen LogP contribution is -2.00. The van der Waals surface area contributed by atoms with Crippen LogP contribution >= 0.6 is 48.0 Å². The quantitative estimate of drug-likeness (QED) is 0.572. The highest BCUT2D eigenvalue weighted by Crippen LogP contribution is 2.25. The fourth-order valence-electron chi connectivity index (χ4n) is 0.708. The van der Waals surface area contributed by atoms with E-state index in [4.69, 9.17) is 35.4 Å². The van der Waals surface area contributed by atoms with Crippen LogP contribution in [0, 0.1) is 0 Å². The maximum Gasteiger partial charge on any atom is 0.135 e. The Morgan fingerprint density at radius 3 is 2.67 bits per heavy atom. The van der Waals surface area contributed by atoms with Crippen molar-refractivity contribution in [2.75, 3.05) is 5.32 Å². The van der Waals surface area contributed by atoms with Gasteiger partial charge in [-0.05, 0) is 18.2 Å². The van der Waals surface area contributed by atoms with E-state index < -0.39 is 0 Å². The fraction of sp³-hybridized carbons (Fsp3) is 0. The van der Waals surface area contributed by atoms with E-state index in [1.54, 1.807) is 18.2 Å². The fourth-order valence-corrected chi connectivity index (χ4v) is 1.28. The number of hydrogen-bond acceptors (Lipinski definition) is 1. The topological polar surface area (TPSA) is 12.0 Å². The van der Waals surface area contributed by atoms with Crippen LogP contribution in [0.4, 0.5) is 5.69 Å². The van der Waals surface area contributed by atoms with Crippen molar-refractivity contribution in [2.24, 2.45) is 0 Å². The third-order valence-corrected chi connectivity index (χ3v) is 1.95. The third kappa shape index (κ3) is 2.83. The molecule has 0 aliphatic heterocycles. The van der Waals surface area contributed by atoms with E-state index in [0.29, 0.717) is 20.1 Å². The minimum absolute atomic E-state index is 0.360. The van der Waals surface area contributed by atoms with Gasteiger partial charge < -0.3 is 5.32 Å². The van der Waals surface area contributed by atoms with Crippen LogP contribution in [0.5, 0.6) is 0 Å². The predicted octanol–water partition coefficient (Wildman–Crippen LogP) is 3.62. The number of benzene rings is 1. The lowest BCUT2D eigenvalue weighted by atomic mass is 10.3. The number of rotatable bonds is 1. The van der Waals surface area contributed by atoms with Gasteiger partial charge in [0.25, 0.3) is 0 Å². The Hall–Kier alpha value is 0.0400. The number of nitrogens with one attached hydrogen (secondary N) is 1. The second-order valence-electron chi connectivity index (χ2n) is 2.05.